The van der Waals surface area contributed by atoms with Crippen molar-refractivity contribution in [3.63, 3.8) is 0 Å². The second-order valence-corrected chi connectivity index (χ2v) is 3.32. The molecular weight excluding hydrogens is 186 g/mol. The van der Waals surface area contributed by atoms with E-state index in [0.717, 1.165) is 22.1 Å². The number of hydrogen-bond donors (Lipinski definition) is 0. The number of hydrogen-bond acceptors (Lipinski definition) is 2. The van der Waals surface area contributed by atoms with E-state index in [0.29, 0.717) is 0 Å². The van der Waals surface area contributed by atoms with E-state index >= 15 is 0 Å². The summed E-state index contributed by atoms with van der Waals surface area (Å²) in [5.41, 5.74) is 3.16. The summed E-state index contributed by atoms with van der Waals surface area (Å²) in [6.45, 7) is 0. The molecule has 0 aliphatic carbocycles. The van der Waals surface area contributed by atoms with Gasteiger partial charge in [0.1, 0.15) is 5.58 Å². The summed E-state index contributed by atoms with van der Waals surface area (Å²) >= 11 is 0. The van der Waals surface area contributed by atoms with Crippen LogP contribution in [0.3, 0.4) is 0 Å². The van der Waals surface area contributed by atoms with E-state index in [1.54, 1.807) is 12.4 Å². The van der Waals surface area contributed by atoms with Crippen LogP contribution >= 0.6 is 0 Å². The van der Waals surface area contributed by atoms with E-state index in [1.165, 1.54) is 0 Å². The van der Waals surface area contributed by atoms with Gasteiger partial charge in [-0.3, -0.25) is 4.98 Å². The second kappa shape index (κ2) is 3.24. The highest BCUT2D eigenvalue weighted by molar-refractivity contribution is 5.93. The topological polar surface area (TPSA) is 26.0 Å². The van der Waals surface area contributed by atoms with Crippen molar-refractivity contribution in [2.75, 3.05) is 0 Å². The normalized spacial score (nSPS) is 10.7. The molecule has 1 aromatic carbocycles. The highest BCUT2D eigenvalue weighted by Crippen LogP contribution is 2.28. The van der Waals surface area contributed by atoms with Crippen LogP contribution in [0, 0.1) is 6.26 Å². The lowest BCUT2D eigenvalue weighted by molar-refractivity contribution is 0.606. The maximum atomic E-state index is 5.24. The zero-order chi connectivity index (χ0) is 10.1. The van der Waals surface area contributed by atoms with E-state index in [2.05, 4.69) is 17.3 Å². The van der Waals surface area contributed by atoms with Crippen LogP contribution in [0.5, 0.6) is 0 Å². The first-order chi connectivity index (χ1) is 7.45. The molecule has 0 amide bonds. The Bertz CT molecular complexity index is 584. The van der Waals surface area contributed by atoms with Gasteiger partial charge in [-0.25, -0.2) is 0 Å². The average molecular weight is 194 g/mol. The fraction of sp³-hybridized carbons (Fsp3) is 0. The van der Waals surface area contributed by atoms with Crippen molar-refractivity contribution in [3.8, 4) is 11.1 Å². The van der Waals surface area contributed by atoms with E-state index in [9.17, 15) is 0 Å². The fourth-order valence-corrected chi connectivity index (χ4v) is 1.72. The smallest absolute Gasteiger partial charge is 0.170 e. The lowest BCUT2D eigenvalue weighted by Gasteiger charge is -2.01. The summed E-state index contributed by atoms with van der Waals surface area (Å²) in [6, 6.07) is 11.8. The first-order valence-corrected chi connectivity index (χ1v) is 4.74. The third-order valence-corrected chi connectivity index (χ3v) is 2.43. The molecule has 71 valence electrons. The Hall–Kier alpha value is -2.09. The fourth-order valence-electron chi connectivity index (χ4n) is 1.72. The number of pyridine rings is 1. The molecule has 2 heterocycles. The summed E-state index contributed by atoms with van der Waals surface area (Å²) in [4.78, 5) is 4.01. The van der Waals surface area contributed by atoms with Gasteiger partial charge in [0.05, 0.1) is 0 Å². The summed E-state index contributed by atoms with van der Waals surface area (Å²) in [5.74, 6) is 0. The molecule has 2 heteroatoms. The molecule has 0 aliphatic heterocycles. The predicted molar refractivity (Wildman–Crippen MR) is 58.3 cm³/mol. The molecular formula is C13H8NO. The van der Waals surface area contributed by atoms with E-state index in [1.807, 2.05) is 30.3 Å². The Morgan fingerprint density at radius 2 is 1.93 bits per heavy atom. The minimum absolute atomic E-state index is 0.865. The van der Waals surface area contributed by atoms with Crippen LogP contribution in [-0.4, -0.2) is 4.98 Å². The zero-order valence-electron chi connectivity index (χ0n) is 7.97. The Morgan fingerprint density at radius 1 is 1.07 bits per heavy atom. The Labute approximate surface area is 87.2 Å². The van der Waals surface area contributed by atoms with Gasteiger partial charge in [-0.05, 0) is 35.4 Å². The van der Waals surface area contributed by atoms with Gasteiger partial charge in [0.15, 0.2) is 6.26 Å². The standard InChI is InChI=1S/C13H8NO/c1-2-11(10-4-7-14-8-5-10)12-6-9-15-13(12)3-1/h1-8H. The first kappa shape index (κ1) is 8.24. The monoisotopic (exact) mass is 194 g/mol. The molecule has 0 atom stereocenters. The maximum Gasteiger partial charge on any atom is 0.170 e. The van der Waals surface area contributed by atoms with Crippen LogP contribution < -0.4 is 0 Å². The van der Waals surface area contributed by atoms with Crippen LogP contribution in [0.4, 0.5) is 0 Å². The van der Waals surface area contributed by atoms with E-state index < -0.39 is 0 Å². The van der Waals surface area contributed by atoms with Crippen molar-refractivity contribution < 1.29 is 4.42 Å². The Kier molecular flexibility index (Phi) is 1.78. The molecule has 2 aromatic heterocycles. The number of benzene rings is 1. The molecule has 0 N–H and O–H groups in total. The number of rotatable bonds is 1. The molecule has 0 aliphatic rings. The van der Waals surface area contributed by atoms with Gasteiger partial charge in [-0.1, -0.05) is 12.1 Å². The van der Waals surface area contributed by atoms with Crippen molar-refractivity contribution >= 4 is 11.0 Å². The average Bonchev–Trinajstić information content (AvgIpc) is 2.78. The summed E-state index contributed by atoms with van der Waals surface area (Å²) in [6.07, 6.45) is 6.34. The van der Waals surface area contributed by atoms with Crippen molar-refractivity contribution in [1.82, 2.24) is 4.98 Å². The number of furan rings is 1. The molecule has 0 spiro atoms. The van der Waals surface area contributed by atoms with Crippen LogP contribution in [-0.2, 0) is 0 Å². The number of fused-ring (bicyclic) bond motifs is 1. The maximum absolute atomic E-state index is 5.24. The van der Waals surface area contributed by atoms with Gasteiger partial charge in [0.25, 0.3) is 0 Å². The largest absolute Gasteiger partial charge is 0.453 e. The predicted octanol–water partition coefficient (Wildman–Crippen LogP) is 3.29. The van der Waals surface area contributed by atoms with Gasteiger partial charge < -0.3 is 4.42 Å². The van der Waals surface area contributed by atoms with Crippen molar-refractivity contribution in [2.45, 2.75) is 0 Å². The van der Waals surface area contributed by atoms with Crippen LogP contribution in [0.2, 0.25) is 0 Å². The Morgan fingerprint density at radius 3 is 2.80 bits per heavy atom. The van der Waals surface area contributed by atoms with Gasteiger partial charge in [-0.15, -0.1) is 0 Å². The third-order valence-electron chi connectivity index (χ3n) is 2.43. The molecule has 2 nitrogen and oxygen atoms in total. The minimum Gasteiger partial charge on any atom is -0.453 e. The lowest BCUT2D eigenvalue weighted by atomic mass is 10.0. The van der Waals surface area contributed by atoms with Gasteiger partial charge >= 0.3 is 0 Å². The molecule has 0 unspecified atom stereocenters. The van der Waals surface area contributed by atoms with Crippen LogP contribution in [0.15, 0.2) is 53.2 Å². The molecule has 3 aromatic rings. The second-order valence-electron chi connectivity index (χ2n) is 3.32. The molecule has 3 rings (SSSR count). The lowest BCUT2D eigenvalue weighted by Crippen LogP contribution is -1.78. The first-order valence-electron chi connectivity index (χ1n) is 4.74. The van der Waals surface area contributed by atoms with Crippen molar-refractivity contribution in [2.24, 2.45) is 0 Å². The molecule has 0 fully saturated rings. The summed E-state index contributed by atoms with van der Waals surface area (Å²) < 4.78 is 5.24. The van der Waals surface area contributed by atoms with Gasteiger partial charge in [0.2, 0.25) is 0 Å². The number of aromatic nitrogens is 1. The van der Waals surface area contributed by atoms with Gasteiger partial charge in [-0.2, -0.15) is 0 Å². The molecule has 15 heavy (non-hydrogen) atoms. The summed E-state index contributed by atoms with van der Waals surface area (Å²) in [5, 5.41) is 1.09. The van der Waals surface area contributed by atoms with Crippen LogP contribution in [0.25, 0.3) is 22.1 Å². The van der Waals surface area contributed by atoms with Crippen molar-refractivity contribution in [1.29, 1.82) is 0 Å². The van der Waals surface area contributed by atoms with Crippen molar-refractivity contribution in [3.05, 3.63) is 55.1 Å². The molecule has 1 radical (unpaired) electrons. The molecule has 0 saturated heterocycles. The zero-order valence-corrected chi connectivity index (χ0v) is 7.97. The summed E-state index contributed by atoms with van der Waals surface area (Å²) in [7, 11) is 0. The number of nitrogens with zero attached hydrogens (tertiary/aromatic N) is 1. The quantitative estimate of drug-likeness (QED) is 0.594. The molecule has 0 saturated carbocycles. The molecule has 0 bridgehead atoms. The van der Waals surface area contributed by atoms with Crippen LogP contribution in [0.1, 0.15) is 0 Å². The van der Waals surface area contributed by atoms with Gasteiger partial charge in [0, 0.05) is 17.8 Å². The third kappa shape index (κ3) is 1.31. The SMILES string of the molecule is [c]1cc2c(-c3ccncc3)cccc2o1. The highest BCUT2D eigenvalue weighted by Gasteiger charge is 2.04. The Balaban J connectivity index is 2.31. The highest BCUT2D eigenvalue weighted by atomic mass is 16.3. The minimum atomic E-state index is 0.865. The van der Waals surface area contributed by atoms with E-state index in [-0.39, 0.29) is 0 Å². The van der Waals surface area contributed by atoms with E-state index in [4.69, 9.17) is 4.42 Å².